The van der Waals surface area contributed by atoms with Gasteiger partial charge in [0.2, 0.25) is 5.89 Å². The van der Waals surface area contributed by atoms with Crippen molar-refractivity contribution < 1.29 is 18.1 Å². The number of aryl methyl sites for hydroxylation is 1. The number of amides is 2. The topological polar surface area (TPSA) is 71.3 Å². The molecule has 1 atom stereocenters. The van der Waals surface area contributed by atoms with E-state index in [-0.39, 0.29) is 24.6 Å². The highest BCUT2D eigenvalue weighted by Gasteiger charge is 2.27. The zero-order valence-electron chi connectivity index (χ0n) is 13.5. The molecular weight excluding hydrogens is 318 g/mol. The van der Waals surface area contributed by atoms with Crippen molar-refractivity contribution in [3.05, 3.63) is 46.6 Å². The number of carbonyl (C=O) groups excluding carboxylic acids is 1. The van der Waals surface area contributed by atoms with Gasteiger partial charge in [0.25, 0.3) is 0 Å². The number of fused-ring (bicyclic) bond motifs is 1. The molecule has 1 aromatic carbocycles. The van der Waals surface area contributed by atoms with Gasteiger partial charge in [-0.15, -0.1) is 0 Å². The Hall–Kier alpha value is -2.51. The number of hydrogen-bond donors (Lipinski definition) is 1. The summed E-state index contributed by atoms with van der Waals surface area (Å²) < 4.78 is 32.6. The van der Waals surface area contributed by atoms with Crippen LogP contribution < -0.4 is 5.32 Å². The summed E-state index contributed by atoms with van der Waals surface area (Å²) in [5.41, 5.74) is 0.583. The van der Waals surface area contributed by atoms with Crippen molar-refractivity contribution in [3.63, 3.8) is 0 Å². The molecule has 0 saturated carbocycles. The number of carbonyl (C=O) groups is 1. The predicted molar refractivity (Wildman–Crippen MR) is 81.1 cm³/mol. The summed E-state index contributed by atoms with van der Waals surface area (Å²) in [5, 5.41) is 6.63. The van der Waals surface area contributed by atoms with Crippen molar-refractivity contribution >= 4 is 6.03 Å². The lowest BCUT2D eigenvalue weighted by atomic mass is 9.99. The first kappa shape index (κ1) is 16.4. The highest BCUT2D eigenvalue weighted by atomic mass is 19.1. The Morgan fingerprint density at radius 3 is 2.71 bits per heavy atom. The molecule has 2 amide bonds. The van der Waals surface area contributed by atoms with Crippen LogP contribution in [0.5, 0.6) is 0 Å². The first-order valence-electron chi connectivity index (χ1n) is 7.81. The zero-order valence-corrected chi connectivity index (χ0v) is 13.5. The van der Waals surface area contributed by atoms with Gasteiger partial charge < -0.3 is 14.7 Å². The molecule has 8 heteroatoms. The molecule has 1 N–H and O–H groups in total. The van der Waals surface area contributed by atoms with Crippen LogP contribution in [0.15, 0.2) is 16.7 Å². The van der Waals surface area contributed by atoms with Crippen molar-refractivity contribution in [2.24, 2.45) is 0 Å². The van der Waals surface area contributed by atoms with Crippen molar-refractivity contribution in [1.82, 2.24) is 20.4 Å². The van der Waals surface area contributed by atoms with E-state index in [2.05, 4.69) is 15.5 Å². The van der Waals surface area contributed by atoms with Crippen LogP contribution in [0, 0.1) is 18.6 Å². The fourth-order valence-electron chi connectivity index (χ4n) is 2.81. The Morgan fingerprint density at radius 1 is 1.38 bits per heavy atom. The summed E-state index contributed by atoms with van der Waals surface area (Å²) in [6.45, 7) is 3.91. The molecule has 3 rings (SSSR count). The first-order chi connectivity index (χ1) is 11.5. The van der Waals surface area contributed by atoms with Crippen LogP contribution in [-0.2, 0) is 13.0 Å². The third kappa shape index (κ3) is 3.08. The Kier molecular flexibility index (Phi) is 4.46. The van der Waals surface area contributed by atoms with Crippen LogP contribution >= 0.6 is 0 Å². The van der Waals surface area contributed by atoms with Crippen LogP contribution in [0.3, 0.4) is 0 Å². The van der Waals surface area contributed by atoms with E-state index >= 15 is 0 Å². The maximum absolute atomic E-state index is 13.9. The molecule has 1 aliphatic rings. The van der Waals surface area contributed by atoms with E-state index in [1.54, 1.807) is 6.92 Å². The predicted octanol–water partition coefficient (Wildman–Crippen LogP) is 2.88. The third-order valence-electron chi connectivity index (χ3n) is 4.15. The van der Waals surface area contributed by atoms with E-state index in [1.807, 2.05) is 6.92 Å². The molecule has 0 aliphatic carbocycles. The second-order valence-electron chi connectivity index (χ2n) is 5.74. The van der Waals surface area contributed by atoms with Crippen LogP contribution in [0.2, 0.25) is 0 Å². The SMILES string of the molecule is CC[C@H](NC(=O)N1CCc2c(F)ccc(F)c2C1)c1noc(C)n1. The highest BCUT2D eigenvalue weighted by Crippen LogP contribution is 2.25. The maximum Gasteiger partial charge on any atom is 0.318 e. The fraction of sp³-hybridized carbons (Fsp3) is 0.438. The van der Waals surface area contributed by atoms with E-state index < -0.39 is 17.7 Å². The molecule has 1 aliphatic heterocycles. The van der Waals surface area contributed by atoms with E-state index in [9.17, 15) is 13.6 Å². The van der Waals surface area contributed by atoms with Gasteiger partial charge in [0, 0.05) is 19.0 Å². The van der Waals surface area contributed by atoms with Gasteiger partial charge in [-0.2, -0.15) is 4.98 Å². The summed E-state index contributed by atoms with van der Waals surface area (Å²) in [5.74, 6) is -0.106. The van der Waals surface area contributed by atoms with Crippen molar-refractivity contribution in [1.29, 1.82) is 0 Å². The summed E-state index contributed by atoms with van der Waals surface area (Å²) in [4.78, 5) is 18.0. The van der Waals surface area contributed by atoms with Crippen molar-refractivity contribution in [3.8, 4) is 0 Å². The molecule has 128 valence electrons. The lowest BCUT2D eigenvalue weighted by Gasteiger charge is -2.30. The first-order valence-corrected chi connectivity index (χ1v) is 7.81. The average Bonchev–Trinajstić information content (AvgIpc) is 3.01. The van der Waals surface area contributed by atoms with Gasteiger partial charge in [-0.3, -0.25) is 0 Å². The minimum atomic E-state index is -0.496. The number of benzene rings is 1. The molecule has 0 unspecified atom stereocenters. The van der Waals surface area contributed by atoms with E-state index in [0.717, 1.165) is 12.1 Å². The fourth-order valence-corrected chi connectivity index (χ4v) is 2.81. The van der Waals surface area contributed by atoms with Crippen LogP contribution in [0.25, 0.3) is 0 Å². The van der Waals surface area contributed by atoms with Gasteiger partial charge in [-0.1, -0.05) is 12.1 Å². The normalized spacial score (nSPS) is 15.1. The number of hydrogen-bond acceptors (Lipinski definition) is 4. The van der Waals surface area contributed by atoms with Crippen LogP contribution in [0.4, 0.5) is 13.6 Å². The number of nitrogens with one attached hydrogen (secondary N) is 1. The molecule has 6 nitrogen and oxygen atoms in total. The number of rotatable bonds is 3. The smallest absolute Gasteiger partial charge is 0.318 e. The van der Waals surface area contributed by atoms with E-state index in [0.29, 0.717) is 30.2 Å². The summed E-state index contributed by atoms with van der Waals surface area (Å²) >= 11 is 0. The van der Waals surface area contributed by atoms with Crippen LogP contribution in [0.1, 0.15) is 42.2 Å². The Labute approximate surface area is 137 Å². The number of urea groups is 1. The molecule has 0 saturated heterocycles. The molecule has 0 fully saturated rings. The maximum atomic E-state index is 13.9. The second kappa shape index (κ2) is 6.54. The zero-order chi connectivity index (χ0) is 17.3. The lowest BCUT2D eigenvalue weighted by Crippen LogP contribution is -2.44. The second-order valence-corrected chi connectivity index (χ2v) is 5.74. The Morgan fingerprint density at radius 2 is 2.08 bits per heavy atom. The minimum Gasteiger partial charge on any atom is -0.340 e. The summed E-state index contributed by atoms with van der Waals surface area (Å²) in [7, 11) is 0. The highest BCUT2D eigenvalue weighted by molar-refractivity contribution is 5.75. The largest absolute Gasteiger partial charge is 0.340 e. The molecule has 2 aromatic rings. The number of halogens is 2. The van der Waals surface area contributed by atoms with Gasteiger partial charge in [0.15, 0.2) is 5.82 Å². The molecule has 0 bridgehead atoms. The quantitative estimate of drug-likeness (QED) is 0.935. The van der Waals surface area contributed by atoms with Gasteiger partial charge in [-0.25, -0.2) is 13.6 Å². The Bertz CT molecular complexity index is 763. The standard InChI is InChI=1S/C16H18F2N4O2/c1-3-14(15-19-9(2)24-21-15)20-16(23)22-7-6-10-11(8-22)13(18)5-4-12(10)17/h4-5,14H,3,6-8H2,1-2H3,(H,20,23)/t14-/m0/s1. The molecular formula is C16H18F2N4O2. The number of nitrogens with zero attached hydrogens (tertiary/aromatic N) is 3. The summed E-state index contributed by atoms with van der Waals surface area (Å²) in [6.07, 6.45) is 0.864. The third-order valence-corrected chi connectivity index (χ3v) is 4.15. The molecule has 0 spiro atoms. The lowest BCUT2D eigenvalue weighted by molar-refractivity contribution is 0.185. The van der Waals surface area contributed by atoms with Crippen molar-refractivity contribution in [2.45, 2.75) is 39.3 Å². The molecule has 2 heterocycles. The number of aromatic nitrogens is 2. The summed E-state index contributed by atoms with van der Waals surface area (Å²) in [6, 6.07) is 1.45. The molecule has 1 aromatic heterocycles. The molecule has 0 radical (unpaired) electrons. The van der Waals surface area contributed by atoms with Gasteiger partial charge in [0.05, 0.1) is 12.6 Å². The monoisotopic (exact) mass is 336 g/mol. The van der Waals surface area contributed by atoms with E-state index in [1.165, 1.54) is 4.90 Å². The van der Waals surface area contributed by atoms with Gasteiger partial charge in [-0.05, 0) is 30.5 Å². The Balaban J connectivity index is 1.73. The molecule has 24 heavy (non-hydrogen) atoms. The van der Waals surface area contributed by atoms with Crippen molar-refractivity contribution in [2.75, 3.05) is 6.54 Å². The average molecular weight is 336 g/mol. The minimum absolute atomic E-state index is 0.0342. The van der Waals surface area contributed by atoms with E-state index in [4.69, 9.17) is 4.52 Å². The van der Waals surface area contributed by atoms with Gasteiger partial charge >= 0.3 is 6.03 Å². The van der Waals surface area contributed by atoms with Gasteiger partial charge in [0.1, 0.15) is 11.6 Å². The van der Waals surface area contributed by atoms with Crippen LogP contribution in [-0.4, -0.2) is 27.6 Å².